The Bertz CT molecular complexity index is 372. The second kappa shape index (κ2) is 2.87. The molecule has 13 heavy (non-hydrogen) atoms. The zero-order valence-electron chi connectivity index (χ0n) is 7.28. The Morgan fingerprint density at radius 1 is 1.46 bits per heavy atom. The molecule has 2 aliphatic carbocycles. The maximum atomic E-state index is 11.3. The number of amides is 2. The molecule has 1 spiro atoms. The van der Waals surface area contributed by atoms with Crippen molar-refractivity contribution in [3.8, 4) is 0 Å². The van der Waals surface area contributed by atoms with Gasteiger partial charge in [-0.3, -0.25) is 0 Å². The summed E-state index contributed by atoms with van der Waals surface area (Å²) in [4.78, 5) is 22.5. The first-order chi connectivity index (χ1) is 5.75. The van der Waals surface area contributed by atoms with Gasteiger partial charge < -0.3 is 14.9 Å². The van der Waals surface area contributed by atoms with Crippen molar-refractivity contribution in [2.75, 3.05) is 0 Å². The molecule has 60 valence electrons. The molecule has 1 saturated heterocycles. The fourth-order valence-corrected chi connectivity index (χ4v) is 2.14. The molecule has 4 heteroatoms. The average molecular weight is 199 g/mol. The van der Waals surface area contributed by atoms with E-state index in [0.29, 0.717) is 5.57 Å². The van der Waals surface area contributed by atoms with Crippen LogP contribution in [0, 0.1) is 11.3 Å². The summed E-state index contributed by atoms with van der Waals surface area (Å²) < 4.78 is 0. The molecule has 0 aromatic carbocycles. The molecule has 1 aliphatic heterocycles. The largest absolute Gasteiger partial charge is 1.00 e. The number of hydrogen-bond acceptors (Lipinski definition) is 2. The predicted octanol–water partition coefficient (Wildman–Crippen LogP) is -2.07. The molecule has 2 unspecified atom stereocenters. The van der Waals surface area contributed by atoms with Crippen LogP contribution in [0.1, 0.15) is 6.42 Å². The second-order valence-corrected chi connectivity index (χ2v) is 3.47. The summed E-state index contributed by atoms with van der Waals surface area (Å²) in [6.45, 7) is 0. The van der Waals surface area contributed by atoms with Crippen LogP contribution < -0.4 is 51.4 Å². The third-order valence-electron chi connectivity index (χ3n) is 2.92. The third kappa shape index (κ3) is 1.04. The Morgan fingerprint density at radius 2 is 2.23 bits per heavy atom. The van der Waals surface area contributed by atoms with Crippen LogP contribution in [-0.4, -0.2) is 11.8 Å². The maximum absolute atomic E-state index is 11.3. The van der Waals surface area contributed by atoms with E-state index in [1.807, 2.05) is 12.2 Å². The zero-order chi connectivity index (χ0) is 8.34. The van der Waals surface area contributed by atoms with Crippen molar-refractivity contribution in [2.45, 2.75) is 6.42 Å². The van der Waals surface area contributed by atoms with Gasteiger partial charge in [0.2, 0.25) is 0 Å². The molecular weight excluding hydrogens is 193 g/mol. The van der Waals surface area contributed by atoms with Crippen molar-refractivity contribution >= 4 is 11.8 Å². The van der Waals surface area contributed by atoms with Gasteiger partial charge in [0, 0.05) is 5.41 Å². The molecule has 2 fully saturated rings. The number of allylic oxidation sites excluding steroid dienone is 3. The molecule has 1 saturated carbocycles. The van der Waals surface area contributed by atoms with Crippen LogP contribution in [-0.2, 0) is 9.59 Å². The Morgan fingerprint density at radius 3 is 2.92 bits per heavy atom. The number of hydrogen-bond donors (Lipinski definition) is 0. The molecule has 2 amide bonds. The third-order valence-corrected chi connectivity index (χ3v) is 2.92. The first kappa shape index (κ1) is 9.80. The normalized spacial score (nSPS) is 38.5. The summed E-state index contributed by atoms with van der Waals surface area (Å²) in [6.07, 6.45) is 6.33. The van der Waals surface area contributed by atoms with Gasteiger partial charge in [0.25, 0.3) is 0 Å². The molecule has 0 bridgehead atoms. The first-order valence-electron chi connectivity index (χ1n) is 3.94. The van der Waals surface area contributed by atoms with Gasteiger partial charge in [-0.15, -0.1) is 0 Å². The van der Waals surface area contributed by atoms with Crippen molar-refractivity contribution in [3.63, 3.8) is 0 Å². The molecule has 3 aliphatic rings. The minimum atomic E-state index is -0.494. The van der Waals surface area contributed by atoms with Crippen LogP contribution in [0.2, 0.25) is 0 Å². The van der Waals surface area contributed by atoms with E-state index in [0.717, 1.165) is 6.42 Å². The standard InChI is InChI=1S/C9H7NO2.K/c11-7-6-3-1-2-5-4-9(5,6)8(12)10-7;/h1-3,5H,4H2,(H,10,11,12);/q;+1/p-1. The van der Waals surface area contributed by atoms with Crippen molar-refractivity contribution in [3.05, 3.63) is 29.1 Å². The fourth-order valence-electron chi connectivity index (χ4n) is 2.14. The molecule has 0 radical (unpaired) electrons. The number of nitrogens with zero attached hydrogens (tertiary/aromatic N) is 1. The second-order valence-electron chi connectivity index (χ2n) is 3.47. The van der Waals surface area contributed by atoms with Crippen LogP contribution in [0.5, 0.6) is 0 Å². The minimum absolute atomic E-state index is 0. The maximum Gasteiger partial charge on any atom is 1.00 e. The van der Waals surface area contributed by atoms with E-state index in [1.165, 1.54) is 0 Å². The van der Waals surface area contributed by atoms with Crippen molar-refractivity contribution in [1.82, 2.24) is 0 Å². The number of carbonyl (C=O) groups excluding carboxylic acids is 2. The van der Waals surface area contributed by atoms with Crippen LogP contribution in [0.4, 0.5) is 0 Å². The van der Waals surface area contributed by atoms with Gasteiger partial charge in [0.1, 0.15) is 0 Å². The van der Waals surface area contributed by atoms with Crippen LogP contribution in [0.3, 0.4) is 0 Å². The Balaban J connectivity index is 0.000000653. The smallest absolute Gasteiger partial charge is 0.591 e. The molecule has 0 aromatic rings. The number of rotatable bonds is 0. The molecular formula is C9H6KNO2. The van der Waals surface area contributed by atoms with E-state index in [4.69, 9.17) is 0 Å². The summed E-state index contributed by atoms with van der Waals surface area (Å²) in [6, 6.07) is 0. The van der Waals surface area contributed by atoms with Crippen molar-refractivity contribution < 1.29 is 61.0 Å². The summed E-state index contributed by atoms with van der Waals surface area (Å²) in [5, 5.41) is 3.46. The van der Waals surface area contributed by atoms with Gasteiger partial charge >= 0.3 is 51.4 Å². The molecule has 0 N–H and O–H groups in total. The average Bonchev–Trinajstić information content (AvgIpc) is 2.72. The van der Waals surface area contributed by atoms with E-state index in [9.17, 15) is 9.59 Å². The van der Waals surface area contributed by atoms with Crippen LogP contribution >= 0.6 is 0 Å². The molecule has 0 aromatic heterocycles. The topological polar surface area (TPSA) is 48.2 Å². The molecule has 1 heterocycles. The van der Waals surface area contributed by atoms with Crippen molar-refractivity contribution in [1.29, 1.82) is 0 Å². The number of carbonyl (C=O) groups is 2. The fraction of sp³-hybridized carbons (Fsp3) is 0.333. The van der Waals surface area contributed by atoms with Gasteiger partial charge in [0.05, 0.1) is 11.8 Å². The van der Waals surface area contributed by atoms with E-state index >= 15 is 0 Å². The van der Waals surface area contributed by atoms with Gasteiger partial charge in [-0.25, -0.2) is 0 Å². The quantitative estimate of drug-likeness (QED) is 0.332. The molecule has 2 atom stereocenters. The Kier molecular flexibility index (Phi) is 2.16. The van der Waals surface area contributed by atoms with E-state index in [1.54, 1.807) is 6.08 Å². The van der Waals surface area contributed by atoms with Gasteiger partial charge in [-0.05, 0) is 17.9 Å². The van der Waals surface area contributed by atoms with Crippen LogP contribution in [0.25, 0.3) is 5.32 Å². The summed E-state index contributed by atoms with van der Waals surface area (Å²) in [5.41, 5.74) is 0.117. The van der Waals surface area contributed by atoms with Gasteiger partial charge in [0.15, 0.2) is 0 Å². The van der Waals surface area contributed by atoms with Gasteiger partial charge in [-0.1, -0.05) is 18.2 Å². The predicted molar refractivity (Wildman–Crippen MR) is 41.1 cm³/mol. The molecule has 3 nitrogen and oxygen atoms in total. The van der Waals surface area contributed by atoms with Crippen LogP contribution in [0.15, 0.2) is 23.8 Å². The number of imide groups is 1. The minimum Gasteiger partial charge on any atom is -0.591 e. The van der Waals surface area contributed by atoms with E-state index in [2.05, 4.69) is 5.32 Å². The zero-order valence-corrected chi connectivity index (χ0v) is 10.4. The summed E-state index contributed by atoms with van der Waals surface area (Å²) in [7, 11) is 0. The van der Waals surface area contributed by atoms with E-state index < -0.39 is 5.41 Å². The summed E-state index contributed by atoms with van der Waals surface area (Å²) >= 11 is 0. The Labute approximate surface area is 118 Å². The monoisotopic (exact) mass is 199 g/mol. The SMILES string of the molecule is O=C1[N-]C(=O)C23CC2C=CC=C13.[K+]. The van der Waals surface area contributed by atoms with E-state index in [-0.39, 0.29) is 69.1 Å². The van der Waals surface area contributed by atoms with Gasteiger partial charge in [-0.2, -0.15) is 0 Å². The first-order valence-corrected chi connectivity index (χ1v) is 3.94. The molecule has 3 rings (SSSR count). The van der Waals surface area contributed by atoms with Crippen molar-refractivity contribution in [2.24, 2.45) is 11.3 Å². The Hall–Kier alpha value is 0.256. The summed E-state index contributed by atoms with van der Waals surface area (Å²) in [5.74, 6) is -0.305.